The molecule has 0 amide bonds. The van der Waals surface area contributed by atoms with Gasteiger partial charge in [-0.05, 0) is 51.2 Å². The highest BCUT2D eigenvalue weighted by atomic mass is 15.3. The molecule has 0 bridgehead atoms. The van der Waals surface area contributed by atoms with Gasteiger partial charge in [-0.2, -0.15) is 0 Å². The number of nitrogens with one attached hydrogen (secondary N) is 2. The fourth-order valence-electron chi connectivity index (χ4n) is 3.36. The molecule has 1 aromatic rings. The Labute approximate surface area is 165 Å². The van der Waals surface area contributed by atoms with Gasteiger partial charge in [-0.25, -0.2) is 0 Å². The molecule has 2 N–H and O–H groups in total. The zero-order valence-corrected chi connectivity index (χ0v) is 17.6. The van der Waals surface area contributed by atoms with Crippen LogP contribution in [0.3, 0.4) is 0 Å². The van der Waals surface area contributed by atoms with Gasteiger partial charge in [0.05, 0.1) is 0 Å². The third kappa shape index (κ3) is 8.28. The number of hydrogen-bond donors (Lipinski definition) is 2. The monoisotopic (exact) mass is 377 g/mol. The first kappa shape index (κ1) is 21.7. The lowest BCUT2D eigenvalue weighted by molar-refractivity contribution is 0.192. The van der Waals surface area contributed by atoms with Crippen LogP contribution in [-0.2, 0) is 13.0 Å². The van der Waals surface area contributed by atoms with Crippen LogP contribution >= 0.6 is 0 Å². The van der Waals surface area contributed by atoms with E-state index in [0.29, 0.717) is 0 Å². The van der Waals surface area contributed by atoms with Gasteiger partial charge in [0.1, 0.15) is 12.2 Å². The van der Waals surface area contributed by atoms with Gasteiger partial charge in [0.2, 0.25) is 0 Å². The minimum atomic E-state index is 0.826. The summed E-state index contributed by atoms with van der Waals surface area (Å²) in [7, 11) is 0. The highest BCUT2D eigenvalue weighted by Crippen LogP contribution is 2.15. The van der Waals surface area contributed by atoms with Gasteiger partial charge < -0.3 is 20.1 Å². The molecule has 27 heavy (non-hydrogen) atoms. The molecule has 0 saturated carbocycles. The fourth-order valence-corrected chi connectivity index (χ4v) is 3.36. The molecular formula is C20H39N7. The first-order valence-corrected chi connectivity index (χ1v) is 10.8. The Hall–Kier alpha value is -1.63. The molecule has 0 aliphatic carbocycles. The van der Waals surface area contributed by atoms with Crippen LogP contribution in [0.5, 0.6) is 0 Å². The maximum absolute atomic E-state index is 4.78. The van der Waals surface area contributed by atoms with Gasteiger partial charge in [0.25, 0.3) is 0 Å². The third-order valence-corrected chi connectivity index (χ3v) is 5.26. The molecule has 0 unspecified atom stereocenters. The summed E-state index contributed by atoms with van der Waals surface area (Å²) >= 11 is 0. The second-order valence-corrected chi connectivity index (χ2v) is 7.61. The van der Waals surface area contributed by atoms with E-state index in [1.54, 1.807) is 6.33 Å². The first-order valence-electron chi connectivity index (χ1n) is 10.8. The van der Waals surface area contributed by atoms with Gasteiger partial charge in [-0.1, -0.05) is 27.2 Å². The maximum atomic E-state index is 4.78. The zero-order valence-electron chi connectivity index (χ0n) is 17.6. The highest BCUT2D eigenvalue weighted by Gasteiger charge is 2.14. The Balaban J connectivity index is 1.71. The summed E-state index contributed by atoms with van der Waals surface area (Å²) in [5.41, 5.74) is 0. The Bertz CT molecular complexity index is 532. The Morgan fingerprint density at radius 2 is 1.93 bits per heavy atom. The van der Waals surface area contributed by atoms with Crippen LogP contribution in [0.4, 0.5) is 0 Å². The topological polar surface area (TPSA) is 70.4 Å². The normalized spacial score (nSPS) is 16.6. The van der Waals surface area contributed by atoms with E-state index in [4.69, 9.17) is 4.99 Å². The molecule has 1 saturated heterocycles. The number of aliphatic imine (C=N–C) groups is 1. The van der Waals surface area contributed by atoms with E-state index in [0.717, 1.165) is 63.1 Å². The molecule has 2 rings (SSSR count). The summed E-state index contributed by atoms with van der Waals surface area (Å²) in [4.78, 5) is 7.37. The fraction of sp³-hybridized carbons (Fsp3) is 0.850. The van der Waals surface area contributed by atoms with Gasteiger partial charge in [0, 0.05) is 32.6 Å². The maximum Gasteiger partial charge on any atom is 0.191 e. The van der Waals surface area contributed by atoms with E-state index in [1.807, 2.05) is 0 Å². The van der Waals surface area contributed by atoms with Crippen molar-refractivity contribution in [3.63, 3.8) is 0 Å². The van der Waals surface area contributed by atoms with Crippen molar-refractivity contribution in [2.75, 3.05) is 39.3 Å². The van der Waals surface area contributed by atoms with Gasteiger partial charge >= 0.3 is 0 Å². The van der Waals surface area contributed by atoms with E-state index in [1.165, 1.54) is 38.9 Å². The lowest BCUT2D eigenvalue weighted by atomic mass is 9.99. The second-order valence-electron chi connectivity index (χ2n) is 7.61. The predicted molar refractivity (Wildman–Crippen MR) is 112 cm³/mol. The quantitative estimate of drug-likeness (QED) is 0.352. The number of aromatic nitrogens is 3. The Morgan fingerprint density at radius 1 is 1.15 bits per heavy atom. The average Bonchev–Trinajstić information content (AvgIpc) is 3.14. The van der Waals surface area contributed by atoms with Crippen LogP contribution in [0.25, 0.3) is 0 Å². The van der Waals surface area contributed by atoms with Crippen LogP contribution in [0.15, 0.2) is 11.3 Å². The number of likely N-dealkylation sites (tertiary alicyclic amines) is 1. The number of aryl methyl sites for hydroxylation is 1. The van der Waals surface area contributed by atoms with Crippen molar-refractivity contribution >= 4 is 5.96 Å². The molecule has 2 heterocycles. The van der Waals surface area contributed by atoms with Gasteiger partial charge in [-0.3, -0.25) is 4.99 Å². The van der Waals surface area contributed by atoms with Crippen LogP contribution in [0.2, 0.25) is 0 Å². The Kier molecular flexibility index (Phi) is 10.2. The average molecular weight is 378 g/mol. The minimum absolute atomic E-state index is 0.826. The molecule has 1 aromatic heterocycles. The van der Waals surface area contributed by atoms with E-state index >= 15 is 0 Å². The van der Waals surface area contributed by atoms with Crippen LogP contribution in [0, 0.1) is 5.92 Å². The van der Waals surface area contributed by atoms with Crippen molar-refractivity contribution in [2.24, 2.45) is 10.9 Å². The van der Waals surface area contributed by atoms with Crippen molar-refractivity contribution in [1.82, 2.24) is 30.3 Å². The number of guanidine groups is 1. The van der Waals surface area contributed by atoms with Crippen LogP contribution in [-0.4, -0.2) is 64.9 Å². The molecule has 0 aromatic carbocycles. The van der Waals surface area contributed by atoms with Gasteiger partial charge in [-0.15, -0.1) is 10.2 Å². The largest absolute Gasteiger partial charge is 0.356 e. The molecule has 1 aliphatic heterocycles. The summed E-state index contributed by atoms with van der Waals surface area (Å²) in [6.07, 6.45) is 8.88. The standard InChI is InChI=1S/C20H39N7/c1-4-6-10-21-20(23-12-16-27-17-24-25-19(27)5-2)22-11-7-13-26-14-8-18(3)9-15-26/h17-18H,4-16H2,1-3H3,(H2,21,22,23). The number of hydrogen-bond acceptors (Lipinski definition) is 4. The second kappa shape index (κ2) is 12.7. The van der Waals surface area contributed by atoms with Crippen LogP contribution < -0.4 is 10.6 Å². The Morgan fingerprint density at radius 3 is 2.67 bits per heavy atom. The lowest BCUT2D eigenvalue weighted by Gasteiger charge is -2.29. The number of piperidine rings is 1. The third-order valence-electron chi connectivity index (χ3n) is 5.26. The van der Waals surface area contributed by atoms with Gasteiger partial charge in [0.15, 0.2) is 5.96 Å². The first-order chi connectivity index (χ1) is 13.2. The molecule has 1 fully saturated rings. The summed E-state index contributed by atoms with van der Waals surface area (Å²) in [5, 5.41) is 15.1. The SMILES string of the molecule is CCCCNC(=NCCCN1CCC(C)CC1)NCCn1cnnc1CC. The van der Waals surface area contributed by atoms with Crippen molar-refractivity contribution < 1.29 is 0 Å². The van der Waals surface area contributed by atoms with Crippen molar-refractivity contribution in [1.29, 1.82) is 0 Å². The van der Waals surface area contributed by atoms with Crippen LogP contribution in [0.1, 0.15) is 58.7 Å². The number of unbranched alkanes of at least 4 members (excludes halogenated alkanes) is 1. The van der Waals surface area contributed by atoms with E-state index in [2.05, 4.69) is 51.1 Å². The summed E-state index contributed by atoms with van der Waals surface area (Å²) in [6.45, 7) is 13.9. The minimum Gasteiger partial charge on any atom is -0.356 e. The smallest absolute Gasteiger partial charge is 0.191 e. The van der Waals surface area contributed by atoms with Crippen molar-refractivity contribution in [3.8, 4) is 0 Å². The predicted octanol–water partition coefficient (Wildman–Crippen LogP) is 2.30. The summed E-state index contributed by atoms with van der Waals surface area (Å²) in [6, 6.07) is 0. The molecular weight excluding hydrogens is 338 g/mol. The molecule has 7 heteroatoms. The highest BCUT2D eigenvalue weighted by molar-refractivity contribution is 5.79. The molecule has 0 atom stereocenters. The van der Waals surface area contributed by atoms with Crippen molar-refractivity contribution in [3.05, 3.63) is 12.2 Å². The summed E-state index contributed by atoms with van der Waals surface area (Å²) < 4.78 is 2.11. The lowest BCUT2D eigenvalue weighted by Crippen LogP contribution is -2.39. The number of nitrogens with zero attached hydrogens (tertiary/aromatic N) is 5. The molecule has 0 spiro atoms. The molecule has 154 valence electrons. The number of rotatable bonds is 11. The summed E-state index contributed by atoms with van der Waals surface area (Å²) in [5.74, 6) is 2.86. The van der Waals surface area contributed by atoms with E-state index in [-0.39, 0.29) is 0 Å². The van der Waals surface area contributed by atoms with E-state index in [9.17, 15) is 0 Å². The molecule has 1 aliphatic rings. The zero-order chi connectivity index (χ0) is 19.3. The molecule has 7 nitrogen and oxygen atoms in total. The molecule has 0 radical (unpaired) electrons. The van der Waals surface area contributed by atoms with E-state index < -0.39 is 0 Å². The van der Waals surface area contributed by atoms with Crippen molar-refractivity contribution in [2.45, 2.75) is 65.8 Å².